The summed E-state index contributed by atoms with van der Waals surface area (Å²) >= 11 is 3.22. The minimum absolute atomic E-state index is 0.115. The van der Waals surface area contributed by atoms with Gasteiger partial charge in [0.25, 0.3) is 0 Å². The van der Waals surface area contributed by atoms with Crippen molar-refractivity contribution in [2.24, 2.45) is 0 Å². The maximum atomic E-state index is 11.2. The topological polar surface area (TPSA) is 85.5 Å². The molecule has 1 heterocycles. The van der Waals surface area contributed by atoms with Gasteiger partial charge in [0.15, 0.2) is 0 Å². The Morgan fingerprint density at radius 1 is 1.48 bits per heavy atom. The van der Waals surface area contributed by atoms with Crippen molar-refractivity contribution in [1.82, 2.24) is 4.98 Å². The molecule has 0 bridgehead atoms. The van der Waals surface area contributed by atoms with Crippen LogP contribution in [-0.4, -0.2) is 15.0 Å². The molecule has 1 aromatic carbocycles. The zero-order valence-electron chi connectivity index (χ0n) is 11.4. The van der Waals surface area contributed by atoms with Gasteiger partial charge < -0.3 is 9.84 Å². The summed E-state index contributed by atoms with van der Waals surface area (Å²) in [5, 5.41) is 20.9. The van der Waals surface area contributed by atoms with Crippen molar-refractivity contribution >= 4 is 21.6 Å². The van der Waals surface area contributed by atoms with E-state index in [1.807, 2.05) is 0 Å². The van der Waals surface area contributed by atoms with Gasteiger partial charge in [0.1, 0.15) is 0 Å². The Balaban J connectivity index is 2.52. The summed E-state index contributed by atoms with van der Waals surface area (Å²) in [7, 11) is 0. The second-order valence-electron chi connectivity index (χ2n) is 4.50. The molecule has 0 aliphatic rings. The first-order valence-electron chi connectivity index (χ1n) is 6.15. The van der Waals surface area contributed by atoms with E-state index in [1.165, 1.54) is 12.3 Å². The molecule has 0 aliphatic heterocycles. The van der Waals surface area contributed by atoms with Crippen LogP contribution >= 0.6 is 15.9 Å². The van der Waals surface area contributed by atoms with Gasteiger partial charge in [0, 0.05) is 27.9 Å². The maximum Gasteiger partial charge on any atom is 0.313 e. The summed E-state index contributed by atoms with van der Waals surface area (Å²) < 4.78 is 6.21. The molecule has 0 spiro atoms. The highest BCUT2D eigenvalue weighted by Gasteiger charge is 2.22. The molecule has 110 valence electrons. The third kappa shape index (κ3) is 3.37. The van der Waals surface area contributed by atoms with Gasteiger partial charge in [-0.2, -0.15) is 0 Å². The molecule has 1 N–H and O–H groups in total. The number of nitro groups is 1. The van der Waals surface area contributed by atoms with Crippen molar-refractivity contribution in [2.45, 2.75) is 20.0 Å². The van der Waals surface area contributed by atoms with Gasteiger partial charge in [0.2, 0.25) is 11.6 Å². The normalized spacial score (nSPS) is 12.0. The van der Waals surface area contributed by atoms with Gasteiger partial charge in [-0.1, -0.05) is 15.9 Å². The fourth-order valence-corrected chi connectivity index (χ4v) is 2.44. The lowest BCUT2D eigenvalue weighted by molar-refractivity contribution is -0.385. The molecule has 1 aromatic heterocycles. The van der Waals surface area contributed by atoms with Crippen LogP contribution in [0.5, 0.6) is 11.6 Å². The van der Waals surface area contributed by atoms with Crippen LogP contribution in [0.15, 0.2) is 34.9 Å². The van der Waals surface area contributed by atoms with E-state index in [0.29, 0.717) is 15.6 Å². The number of aryl methyl sites for hydroxylation is 1. The first kappa shape index (κ1) is 15.4. The van der Waals surface area contributed by atoms with E-state index in [0.717, 1.165) is 0 Å². The molecule has 1 unspecified atom stereocenters. The molecule has 0 radical (unpaired) electrons. The smallest absolute Gasteiger partial charge is 0.313 e. The zero-order valence-corrected chi connectivity index (χ0v) is 13.0. The van der Waals surface area contributed by atoms with Crippen molar-refractivity contribution in [1.29, 1.82) is 0 Å². The zero-order chi connectivity index (χ0) is 15.6. The Labute approximate surface area is 129 Å². The number of hydrogen-bond acceptors (Lipinski definition) is 5. The van der Waals surface area contributed by atoms with Gasteiger partial charge in [-0.05, 0) is 32.0 Å². The van der Waals surface area contributed by atoms with E-state index in [-0.39, 0.29) is 17.3 Å². The Kier molecular flexibility index (Phi) is 4.54. The van der Waals surface area contributed by atoms with E-state index in [2.05, 4.69) is 20.9 Å². The van der Waals surface area contributed by atoms with Gasteiger partial charge in [-0.15, -0.1) is 0 Å². The van der Waals surface area contributed by atoms with Crippen LogP contribution in [0.1, 0.15) is 24.2 Å². The fourth-order valence-electron chi connectivity index (χ4n) is 1.88. The molecule has 21 heavy (non-hydrogen) atoms. The van der Waals surface area contributed by atoms with Crippen molar-refractivity contribution in [3.8, 4) is 11.6 Å². The highest BCUT2D eigenvalue weighted by Crippen LogP contribution is 2.38. The second kappa shape index (κ2) is 6.19. The number of rotatable bonds is 4. The van der Waals surface area contributed by atoms with Crippen molar-refractivity contribution in [3.63, 3.8) is 0 Å². The number of ether oxygens (including phenoxy) is 1. The molecular weight excluding hydrogens is 340 g/mol. The standard InChI is InChI=1S/C14H13BrN2O4/c1-8-6-10(15)7-12(17(19)20)13(8)21-14-11(9(2)18)4-3-5-16-14/h3-7,9,18H,1-2H3. The molecule has 2 rings (SSSR count). The van der Waals surface area contributed by atoms with Gasteiger partial charge in [-0.3, -0.25) is 10.1 Å². The van der Waals surface area contributed by atoms with Crippen LogP contribution in [0.3, 0.4) is 0 Å². The van der Waals surface area contributed by atoms with E-state index >= 15 is 0 Å². The number of halogens is 1. The number of pyridine rings is 1. The average Bonchev–Trinajstić information content (AvgIpc) is 2.41. The van der Waals surface area contributed by atoms with Gasteiger partial charge in [0.05, 0.1) is 11.0 Å². The van der Waals surface area contributed by atoms with Crippen LogP contribution in [0, 0.1) is 17.0 Å². The second-order valence-corrected chi connectivity index (χ2v) is 5.42. The summed E-state index contributed by atoms with van der Waals surface area (Å²) in [4.78, 5) is 14.7. The predicted molar refractivity (Wildman–Crippen MR) is 80.5 cm³/mol. The summed E-state index contributed by atoms with van der Waals surface area (Å²) in [6.07, 6.45) is 0.713. The average molecular weight is 353 g/mol. The summed E-state index contributed by atoms with van der Waals surface area (Å²) in [6, 6.07) is 6.41. The molecule has 2 aromatic rings. The number of nitrogens with zero attached hydrogens (tertiary/aromatic N) is 2. The molecule has 7 heteroatoms. The van der Waals surface area contributed by atoms with Crippen LogP contribution in [0.4, 0.5) is 5.69 Å². The van der Waals surface area contributed by atoms with Crippen LogP contribution in [0.2, 0.25) is 0 Å². The monoisotopic (exact) mass is 352 g/mol. The Hall–Kier alpha value is -1.99. The minimum atomic E-state index is -0.788. The Bertz CT molecular complexity index is 689. The van der Waals surface area contributed by atoms with E-state index in [9.17, 15) is 15.2 Å². The minimum Gasteiger partial charge on any atom is -0.431 e. The molecule has 1 atom stereocenters. The molecule has 0 saturated carbocycles. The molecule has 0 aliphatic carbocycles. The Morgan fingerprint density at radius 3 is 2.81 bits per heavy atom. The number of aromatic nitrogens is 1. The SMILES string of the molecule is Cc1cc(Br)cc([N+](=O)[O-])c1Oc1ncccc1C(C)O. The largest absolute Gasteiger partial charge is 0.431 e. The van der Waals surface area contributed by atoms with Crippen LogP contribution in [-0.2, 0) is 0 Å². The number of hydrogen-bond donors (Lipinski definition) is 1. The number of aliphatic hydroxyl groups is 1. The maximum absolute atomic E-state index is 11.2. The quantitative estimate of drug-likeness (QED) is 0.665. The fraction of sp³-hybridized carbons (Fsp3) is 0.214. The lowest BCUT2D eigenvalue weighted by Gasteiger charge is -2.13. The molecular formula is C14H13BrN2O4. The van der Waals surface area contributed by atoms with Crippen LogP contribution < -0.4 is 4.74 Å². The lowest BCUT2D eigenvalue weighted by Crippen LogP contribution is -2.01. The summed E-state index contributed by atoms with van der Waals surface area (Å²) in [6.45, 7) is 3.28. The van der Waals surface area contributed by atoms with Crippen molar-refractivity contribution < 1.29 is 14.8 Å². The number of aliphatic hydroxyl groups excluding tert-OH is 1. The van der Waals surface area contributed by atoms with Crippen molar-refractivity contribution in [3.05, 3.63) is 56.2 Å². The van der Waals surface area contributed by atoms with Crippen LogP contribution in [0.25, 0.3) is 0 Å². The highest BCUT2D eigenvalue weighted by atomic mass is 79.9. The van der Waals surface area contributed by atoms with E-state index in [4.69, 9.17) is 4.74 Å². The molecule has 0 amide bonds. The number of benzene rings is 1. The molecule has 0 saturated heterocycles. The molecule has 0 fully saturated rings. The molecule has 6 nitrogen and oxygen atoms in total. The Morgan fingerprint density at radius 2 is 2.19 bits per heavy atom. The predicted octanol–water partition coefficient (Wildman–Crippen LogP) is 3.91. The van der Waals surface area contributed by atoms with Gasteiger partial charge >= 0.3 is 5.69 Å². The lowest BCUT2D eigenvalue weighted by atomic mass is 10.1. The van der Waals surface area contributed by atoms with Gasteiger partial charge in [-0.25, -0.2) is 4.98 Å². The van der Waals surface area contributed by atoms with E-state index in [1.54, 1.807) is 32.0 Å². The highest BCUT2D eigenvalue weighted by molar-refractivity contribution is 9.10. The van der Waals surface area contributed by atoms with Crippen molar-refractivity contribution in [2.75, 3.05) is 0 Å². The number of nitro benzene ring substituents is 1. The first-order valence-corrected chi connectivity index (χ1v) is 6.95. The summed E-state index contributed by atoms with van der Waals surface area (Å²) in [5.41, 5.74) is 0.899. The van der Waals surface area contributed by atoms with E-state index < -0.39 is 11.0 Å². The third-order valence-corrected chi connectivity index (χ3v) is 3.32. The summed E-state index contributed by atoms with van der Waals surface area (Å²) in [5.74, 6) is 0.268. The third-order valence-electron chi connectivity index (χ3n) is 2.87. The first-order chi connectivity index (χ1) is 9.90.